The van der Waals surface area contributed by atoms with Gasteiger partial charge in [-0.15, -0.1) is 6.58 Å². The molecule has 0 aromatic heterocycles. The van der Waals surface area contributed by atoms with E-state index >= 15 is 0 Å². The molecule has 0 N–H and O–H groups in total. The molecule has 0 atom stereocenters. The first-order chi connectivity index (χ1) is 11.3. The smallest absolute Gasteiger partial charge is 0.164 e. The van der Waals surface area contributed by atoms with E-state index in [0.29, 0.717) is 36.7 Å². The maximum atomic E-state index is 11.0. The molecule has 120 valence electrons. The van der Waals surface area contributed by atoms with Crippen LogP contribution in [0.4, 0.5) is 0 Å². The SMILES string of the molecule is C=CCc1cc(C=O)cc(OC)c1OCCOc1ccccc1. The molecule has 0 unspecified atom stereocenters. The maximum Gasteiger partial charge on any atom is 0.164 e. The zero-order valence-electron chi connectivity index (χ0n) is 13.2. The van der Waals surface area contributed by atoms with Crippen LogP contribution < -0.4 is 14.2 Å². The molecule has 2 aromatic rings. The second kappa shape index (κ2) is 8.63. The third-order valence-corrected chi connectivity index (χ3v) is 3.22. The van der Waals surface area contributed by atoms with E-state index in [4.69, 9.17) is 14.2 Å². The molecule has 4 nitrogen and oxygen atoms in total. The Kier molecular flexibility index (Phi) is 6.24. The van der Waals surface area contributed by atoms with Gasteiger partial charge in [-0.25, -0.2) is 0 Å². The number of carbonyl (C=O) groups is 1. The monoisotopic (exact) mass is 312 g/mol. The topological polar surface area (TPSA) is 44.8 Å². The summed E-state index contributed by atoms with van der Waals surface area (Å²) in [5.41, 5.74) is 1.41. The summed E-state index contributed by atoms with van der Waals surface area (Å²) in [6.45, 7) is 4.52. The Morgan fingerprint density at radius 3 is 2.48 bits per heavy atom. The Hall–Kier alpha value is -2.75. The summed E-state index contributed by atoms with van der Waals surface area (Å²) >= 11 is 0. The van der Waals surface area contributed by atoms with Crippen LogP contribution in [0.25, 0.3) is 0 Å². The van der Waals surface area contributed by atoms with Gasteiger partial charge in [0.15, 0.2) is 11.5 Å². The quantitative estimate of drug-likeness (QED) is 0.402. The number of ether oxygens (including phenoxy) is 3. The molecule has 0 aliphatic rings. The van der Waals surface area contributed by atoms with Crippen LogP contribution in [0.1, 0.15) is 15.9 Å². The molecule has 2 aromatic carbocycles. The van der Waals surface area contributed by atoms with Crippen LogP contribution in [-0.2, 0) is 6.42 Å². The van der Waals surface area contributed by atoms with E-state index in [2.05, 4.69) is 6.58 Å². The zero-order valence-corrected chi connectivity index (χ0v) is 13.2. The number of benzene rings is 2. The molecular formula is C19H20O4. The van der Waals surface area contributed by atoms with Gasteiger partial charge in [-0.2, -0.15) is 0 Å². The number of carbonyl (C=O) groups excluding carboxylic acids is 1. The number of hydrogen-bond donors (Lipinski definition) is 0. The van der Waals surface area contributed by atoms with E-state index < -0.39 is 0 Å². The minimum Gasteiger partial charge on any atom is -0.493 e. The van der Waals surface area contributed by atoms with Crippen molar-refractivity contribution < 1.29 is 19.0 Å². The number of para-hydroxylation sites is 1. The fraction of sp³-hybridized carbons (Fsp3) is 0.211. The molecule has 2 rings (SSSR count). The number of aldehydes is 1. The van der Waals surface area contributed by atoms with Crippen molar-refractivity contribution in [3.8, 4) is 17.2 Å². The van der Waals surface area contributed by atoms with Gasteiger partial charge < -0.3 is 14.2 Å². The highest BCUT2D eigenvalue weighted by atomic mass is 16.5. The van der Waals surface area contributed by atoms with Crippen molar-refractivity contribution in [3.63, 3.8) is 0 Å². The molecule has 0 saturated heterocycles. The van der Waals surface area contributed by atoms with Gasteiger partial charge in [0.25, 0.3) is 0 Å². The van der Waals surface area contributed by atoms with Crippen molar-refractivity contribution in [1.82, 2.24) is 0 Å². The molecule has 0 bridgehead atoms. The summed E-state index contributed by atoms with van der Waals surface area (Å²) < 4.78 is 16.8. The first-order valence-electron chi connectivity index (χ1n) is 7.36. The van der Waals surface area contributed by atoms with Crippen molar-refractivity contribution in [2.24, 2.45) is 0 Å². The molecule has 0 fully saturated rings. The van der Waals surface area contributed by atoms with Gasteiger partial charge >= 0.3 is 0 Å². The van der Waals surface area contributed by atoms with Crippen LogP contribution >= 0.6 is 0 Å². The van der Waals surface area contributed by atoms with Crippen molar-refractivity contribution in [3.05, 3.63) is 66.2 Å². The second-order valence-corrected chi connectivity index (χ2v) is 4.83. The molecule has 23 heavy (non-hydrogen) atoms. The van der Waals surface area contributed by atoms with Gasteiger partial charge in [-0.3, -0.25) is 4.79 Å². The van der Waals surface area contributed by atoms with Crippen LogP contribution in [-0.4, -0.2) is 26.6 Å². The second-order valence-electron chi connectivity index (χ2n) is 4.83. The van der Waals surface area contributed by atoms with E-state index in [-0.39, 0.29) is 0 Å². The first-order valence-corrected chi connectivity index (χ1v) is 7.36. The molecule has 0 heterocycles. The maximum absolute atomic E-state index is 11.0. The van der Waals surface area contributed by atoms with Crippen LogP contribution in [0.15, 0.2) is 55.1 Å². The molecule has 0 aliphatic heterocycles. The van der Waals surface area contributed by atoms with E-state index in [0.717, 1.165) is 17.6 Å². The van der Waals surface area contributed by atoms with Crippen molar-refractivity contribution in [2.75, 3.05) is 20.3 Å². The Bertz CT molecular complexity index is 650. The molecular weight excluding hydrogens is 292 g/mol. The lowest BCUT2D eigenvalue weighted by Crippen LogP contribution is -2.11. The van der Waals surface area contributed by atoms with E-state index in [9.17, 15) is 4.79 Å². The minimum absolute atomic E-state index is 0.371. The van der Waals surface area contributed by atoms with Gasteiger partial charge in [0.05, 0.1) is 7.11 Å². The molecule has 0 saturated carbocycles. The molecule has 4 heteroatoms. The van der Waals surface area contributed by atoms with Crippen molar-refractivity contribution >= 4 is 6.29 Å². The fourth-order valence-electron chi connectivity index (χ4n) is 2.19. The standard InChI is InChI=1S/C19H20O4/c1-3-7-16-12-15(14-20)13-18(21-2)19(16)23-11-10-22-17-8-5-4-6-9-17/h3-6,8-9,12-14H,1,7,10-11H2,2H3. The number of hydrogen-bond acceptors (Lipinski definition) is 4. The molecule has 0 spiro atoms. The summed E-state index contributed by atoms with van der Waals surface area (Å²) in [7, 11) is 1.55. The summed E-state index contributed by atoms with van der Waals surface area (Å²) in [6.07, 6.45) is 3.14. The van der Waals surface area contributed by atoms with E-state index in [1.165, 1.54) is 0 Å². The summed E-state index contributed by atoms with van der Waals surface area (Å²) in [5.74, 6) is 1.95. The lowest BCUT2D eigenvalue weighted by atomic mass is 10.1. The third kappa shape index (κ3) is 4.61. The number of allylic oxidation sites excluding steroid dienone is 1. The Balaban J connectivity index is 2.05. The number of rotatable bonds is 9. The van der Waals surface area contributed by atoms with E-state index in [1.54, 1.807) is 25.3 Å². The summed E-state index contributed by atoms with van der Waals surface area (Å²) in [6, 6.07) is 13.0. The predicted molar refractivity (Wildman–Crippen MR) is 89.7 cm³/mol. The van der Waals surface area contributed by atoms with Gasteiger partial charge in [0.2, 0.25) is 0 Å². The lowest BCUT2D eigenvalue weighted by Gasteiger charge is -2.15. The average molecular weight is 312 g/mol. The van der Waals surface area contributed by atoms with Gasteiger partial charge in [-0.05, 0) is 30.7 Å². The molecule has 0 amide bonds. The molecule has 0 aliphatic carbocycles. The van der Waals surface area contributed by atoms with Crippen LogP contribution in [0.5, 0.6) is 17.2 Å². The minimum atomic E-state index is 0.371. The van der Waals surface area contributed by atoms with Crippen molar-refractivity contribution in [2.45, 2.75) is 6.42 Å². The van der Waals surface area contributed by atoms with Gasteiger partial charge in [-0.1, -0.05) is 24.3 Å². The normalized spacial score (nSPS) is 9.96. The predicted octanol–water partition coefficient (Wildman–Crippen LogP) is 3.69. The molecule has 0 radical (unpaired) electrons. The van der Waals surface area contributed by atoms with Gasteiger partial charge in [0.1, 0.15) is 25.2 Å². The highest BCUT2D eigenvalue weighted by Crippen LogP contribution is 2.33. The lowest BCUT2D eigenvalue weighted by molar-refractivity contribution is 0.112. The Labute approximate surface area is 136 Å². The third-order valence-electron chi connectivity index (χ3n) is 3.22. The first kappa shape index (κ1) is 16.6. The average Bonchev–Trinajstić information content (AvgIpc) is 2.60. The highest BCUT2D eigenvalue weighted by Gasteiger charge is 2.12. The van der Waals surface area contributed by atoms with Crippen LogP contribution in [0.2, 0.25) is 0 Å². The van der Waals surface area contributed by atoms with E-state index in [1.807, 2.05) is 30.3 Å². The van der Waals surface area contributed by atoms with Crippen LogP contribution in [0, 0.1) is 0 Å². The zero-order chi connectivity index (χ0) is 16.5. The fourth-order valence-corrected chi connectivity index (χ4v) is 2.19. The largest absolute Gasteiger partial charge is 0.493 e. The van der Waals surface area contributed by atoms with Crippen LogP contribution in [0.3, 0.4) is 0 Å². The Morgan fingerprint density at radius 2 is 1.83 bits per heavy atom. The number of methoxy groups -OCH3 is 1. The highest BCUT2D eigenvalue weighted by molar-refractivity contribution is 5.77. The Morgan fingerprint density at radius 1 is 1.09 bits per heavy atom. The summed E-state index contributed by atoms with van der Waals surface area (Å²) in [4.78, 5) is 11.0. The summed E-state index contributed by atoms with van der Waals surface area (Å²) in [5, 5.41) is 0. The van der Waals surface area contributed by atoms with Gasteiger partial charge in [0, 0.05) is 11.1 Å². The van der Waals surface area contributed by atoms with Crippen molar-refractivity contribution in [1.29, 1.82) is 0 Å².